The highest BCUT2D eigenvalue weighted by Crippen LogP contribution is 2.30. The smallest absolute Gasteiger partial charge is 0.387 e. The van der Waals surface area contributed by atoms with E-state index in [0.29, 0.717) is 5.56 Å². The number of nitro benzene ring substituents is 1. The van der Waals surface area contributed by atoms with Gasteiger partial charge >= 0.3 is 6.61 Å². The van der Waals surface area contributed by atoms with E-state index in [0.717, 1.165) is 24.3 Å². The molecule has 0 unspecified atom stereocenters. The highest BCUT2D eigenvalue weighted by molar-refractivity contribution is 6.05. The minimum Gasteiger partial charge on any atom is -0.433 e. The van der Waals surface area contributed by atoms with Crippen LogP contribution >= 0.6 is 0 Å². The number of nitrogens with zero attached hydrogens (tertiary/aromatic N) is 1. The number of rotatable bonds is 8. The molecule has 8 nitrogen and oxygen atoms in total. The predicted octanol–water partition coefficient (Wildman–Crippen LogP) is 3.25. The van der Waals surface area contributed by atoms with Gasteiger partial charge in [-0.1, -0.05) is 18.7 Å². The summed E-state index contributed by atoms with van der Waals surface area (Å²) in [5.41, 5.74) is 0.226. The molecule has 2 aromatic rings. The molecule has 0 aliphatic rings. The molecule has 0 heterocycles. The first-order valence-corrected chi connectivity index (χ1v) is 7.84. The van der Waals surface area contributed by atoms with E-state index < -0.39 is 28.9 Å². The van der Waals surface area contributed by atoms with Gasteiger partial charge in [-0.15, -0.1) is 0 Å². The number of carbonyl (C=O) groups excluding carboxylic acids is 2. The Balaban J connectivity index is 2.16. The van der Waals surface area contributed by atoms with Crippen LogP contribution in [-0.2, 0) is 11.3 Å². The fraction of sp³-hybridized carbons (Fsp3) is 0.111. The Labute approximate surface area is 158 Å². The number of ether oxygens (including phenoxy) is 1. The average Bonchev–Trinajstić information content (AvgIpc) is 2.67. The van der Waals surface area contributed by atoms with Crippen molar-refractivity contribution in [2.24, 2.45) is 0 Å². The van der Waals surface area contributed by atoms with Crippen LogP contribution in [0.5, 0.6) is 5.75 Å². The SMILES string of the molecule is C=CC(=O)NCc1ccc(C(=O)Nc2cc([N+](=O)[O-])ccc2OC(F)F)cc1. The van der Waals surface area contributed by atoms with E-state index in [4.69, 9.17) is 0 Å². The lowest BCUT2D eigenvalue weighted by molar-refractivity contribution is -0.384. The van der Waals surface area contributed by atoms with E-state index in [1.165, 1.54) is 12.1 Å². The number of halogens is 2. The Hall–Kier alpha value is -3.82. The Bertz CT molecular complexity index is 901. The van der Waals surface area contributed by atoms with Gasteiger partial charge in [-0.3, -0.25) is 19.7 Å². The molecule has 0 aromatic heterocycles. The summed E-state index contributed by atoms with van der Waals surface area (Å²) in [5.74, 6) is -1.43. The fourth-order valence-electron chi connectivity index (χ4n) is 2.16. The topological polar surface area (TPSA) is 111 Å². The third-order valence-corrected chi connectivity index (χ3v) is 3.51. The van der Waals surface area contributed by atoms with Crippen LogP contribution in [0.1, 0.15) is 15.9 Å². The second-order valence-electron chi connectivity index (χ2n) is 5.39. The molecule has 0 aliphatic carbocycles. The Morgan fingerprint density at radius 1 is 1.21 bits per heavy atom. The summed E-state index contributed by atoms with van der Waals surface area (Å²) in [6, 6.07) is 8.97. The van der Waals surface area contributed by atoms with Crippen LogP contribution in [0.25, 0.3) is 0 Å². The standard InChI is InChI=1S/C18H15F2N3O5/c1-2-16(24)21-10-11-3-5-12(6-4-11)17(25)22-14-9-13(23(26)27)7-8-15(14)28-18(19)20/h2-9,18H,1,10H2,(H,21,24)(H,22,25). The maximum atomic E-state index is 12.5. The van der Waals surface area contributed by atoms with Crippen LogP contribution in [0.4, 0.5) is 20.2 Å². The highest BCUT2D eigenvalue weighted by atomic mass is 19.3. The summed E-state index contributed by atoms with van der Waals surface area (Å²) in [6.07, 6.45) is 1.12. The van der Waals surface area contributed by atoms with Gasteiger partial charge in [0.15, 0.2) is 0 Å². The Morgan fingerprint density at radius 3 is 2.46 bits per heavy atom. The van der Waals surface area contributed by atoms with E-state index in [1.807, 2.05) is 0 Å². The maximum absolute atomic E-state index is 12.5. The molecule has 146 valence electrons. The number of benzene rings is 2. The largest absolute Gasteiger partial charge is 0.433 e. The average molecular weight is 391 g/mol. The van der Waals surface area contributed by atoms with E-state index in [1.54, 1.807) is 12.1 Å². The fourth-order valence-corrected chi connectivity index (χ4v) is 2.16. The normalized spacial score (nSPS) is 10.2. The summed E-state index contributed by atoms with van der Waals surface area (Å²) in [6.45, 7) is 0.389. The quantitative estimate of drug-likeness (QED) is 0.408. The van der Waals surface area contributed by atoms with Gasteiger partial charge in [0.25, 0.3) is 11.6 Å². The van der Waals surface area contributed by atoms with Gasteiger partial charge in [0, 0.05) is 24.2 Å². The van der Waals surface area contributed by atoms with Crippen molar-refractivity contribution in [2.75, 3.05) is 5.32 Å². The summed E-state index contributed by atoms with van der Waals surface area (Å²) in [7, 11) is 0. The molecule has 2 aromatic carbocycles. The molecular weight excluding hydrogens is 376 g/mol. The lowest BCUT2D eigenvalue weighted by atomic mass is 10.1. The maximum Gasteiger partial charge on any atom is 0.387 e. The lowest BCUT2D eigenvalue weighted by Gasteiger charge is -2.12. The molecule has 0 aliphatic heterocycles. The zero-order chi connectivity index (χ0) is 20.7. The first-order valence-electron chi connectivity index (χ1n) is 7.84. The number of nitro groups is 1. The van der Waals surface area contributed by atoms with Gasteiger partial charge in [0.05, 0.1) is 10.6 Å². The van der Waals surface area contributed by atoms with Crippen molar-refractivity contribution in [1.82, 2.24) is 5.32 Å². The van der Waals surface area contributed by atoms with Crippen molar-refractivity contribution >= 4 is 23.2 Å². The molecule has 28 heavy (non-hydrogen) atoms. The molecular formula is C18H15F2N3O5. The number of non-ortho nitro benzene ring substituents is 1. The lowest BCUT2D eigenvalue weighted by Crippen LogP contribution is -2.20. The van der Waals surface area contributed by atoms with Crippen molar-refractivity contribution in [3.63, 3.8) is 0 Å². The zero-order valence-corrected chi connectivity index (χ0v) is 14.4. The number of amides is 2. The van der Waals surface area contributed by atoms with E-state index in [9.17, 15) is 28.5 Å². The molecule has 0 spiro atoms. The van der Waals surface area contributed by atoms with Crippen LogP contribution in [0, 0.1) is 10.1 Å². The molecule has 0 fully saturated rings. The number of hydrogen-bond acceptors (Lipinski definition) is 5. The van der Waals surface area contributed by atoms with Crippen LogP contribution in [0.3, 0.4) is 0 Å². The molecule has 2 rings (SSSR count). The van der Waals surface area contributed by atoms with Crippen molar-refractivity contribution in [2.45, 2.75) is 13.2 Å². The van der Waals surface area contributed by atoms with Crippen molar-refractivity contribution < 1.29 is 28.0 Å². The summed E-state index contributed by atoms with van der Waals surface area (Å²) in [5, 5.41) is 15.8. The molecule has 2 amide bonds. The molecule has 0 bridgehead atoms. The van der Waals surface area contributed by atoms with Gasteiger partial charge in [-0.2, -0.15) is 8.78 Å². The molecule has 10 heteroatoms. The van der Waals surface area contributed by atoms with Crippen molar-refractivity contribution in [3.8, 4) is 5.75 Å². The second kappa shape index (κ2) is 9.21. The van der Waals surface area contributed by atoms with Crippen LogP contribution in [0.15, 0.2) is 55.1 Å². The first-order chi connectivity index (χ1) is 13.3. The van der Waals surface area contributed by atoms with Crippen molar-refractivity contribution in [1.29, 1.82) is 0 Å². The van der Waals surface area contributed by atoms with Gasteiger partial charge in [-0.25, -0.2) is 0 Å². The Kier molecular flexibility index (Phi) is 6.74. The van der Waals surface area contributed by atoms with E-state index in [2.05, 4.69) is 21.9 Å². The monoisotopic (exact) mass is 391 g/mol. The molecule has 0 saturated heterocycles. The number of carbonyl (C=O) groups is 2. The Morgan fingerprint density at radius 2 is 1.89 bits per heavy atom. The zero-order valence-electron chi connectivity index (χ0n) is 14.4. The van der Waals surface area contributed by atoms with Gasteiger partial charge in [0.2, 0.25) is 5.91 Å². The van der Waals surface area contributed by atoms with Crippen LogP contribution in [0.2, 0.25) is 0 Å². The number of nitrogens with one attached hydrogen (secondary N) is 2. The molecule has 0 atom stereocenters. The third-order valence-electron chi connectivity index (χ3n) is 3.51. The minimum absolute atomic E-state index is 0.174. The predicted molar refractivity (Wildman–Crippen MR) is 96.2 cm³/mol. The van der Waals surface area contributed by atoms with Crippen LogP contribution in [-0.4, -0.2) is 23.3 Å². The first kappa shape index (κ1) is 20.5. The van der Waals surface area contributed by atoms with E-state index in [-0.39, 0.29) is 23.7 Å². The summed E-state index contributed by atoms with van der Waals surface area (Å²) < 4.78 is 29.3. The van der Waals surface area contributed by atoms with Gasteiger partial charge in [-0.05, 0) is 29.8 Å². The minimum atomic E-state index is -3.16. The second-order valence-corrected chi connectivity index (χ2v) is 5.39. The number of hydrogen-bond donors (Lipinski definition) is 2. The van der Waals surface area contributed by atoms with Crippen LogP contribution < -0.4 is 15.4 Å². The summed E-state index contributed by atoms with van der Waals surface area (Å²) >= 11 is 0. The van der Waals surface area contributed by atoms with Gasteiger partial charge in [0.1, 0.15) is 5.75 Å². The van der Waals surface area contributed by atoms with E-state index >= 15 is 0 Å². The molecule has 0 saturated carbocycles. The molecule has 0 radical (unpaired) electrons. The van der Waals surface area contributed by atoms with Crippen molar-refractivity contribution in [3.05, 3.63) is 76.4 Å². The number of alkyl halides is 2. The van der Waals surface area contributed by atoms with Gasteiger partial charge < -0.3 is 15.4 Å². The molecule has 2 N–H and O–H groups in total. The summed E-state index contributed by atoms with van der Waals surface area (Å²) in [4.78, 5) is 33.6. The number of anilines is 1. The highest BCUT2D eigenvalue weighted by Gasteiger charge is 2.17. The third kappa shape index (κ3) is 5.59.